The summed E-state index contributed by atoms with van der Waals surface area (Å²) in [5, 5.41) is 15.4. The lowest BCUT2D eigenvalue weighted by Crippen LogP contribution is -2.50. The van der Waals surface area contributed by atoms with Gasteiger partial charge in [0, 0.05) is 38.4 Å². The van der Waals surface area contributed by atoms with E-state index in [1.807, 2.05) is 28.8 Å². The lowest BCUT2D eigenvalue weighted by atomic mass is 9.95. The predicted molar refractivity (Wildman–Crippen MR) is 125 cm³/mol. The van der Waals surface area contributed by atoms with Gasteiger partial charge in [0.2, 0.25) is 0 Å². The van der Waals surface area contributed by atoms with Gasteiger partial charge in [-0.25, -0.2) is 4.99 Å². The van der Waals surface area contributed by atoms with Crippen LogP contribution in [0.1, 0.15) is 37.7 Å². The zero-order chi connectivity index (χ0) is 21.6. The molecule has 1 aliphatic heterocycles. The largest absolute Gasteiger partial charge is 0.357 e. The lowest BCUT2D eigenvalue weighted by molar-refractivity contribution is 0.140. The van der Waals surface area contributed by atoms with Crippen molar-refractivity contribution >= 4 is 11.6 Å². The fraction of sp³-hybridized carbons (Fsp3) is 0.458. The Balaban J connectivity index is 1.42. The molecular formula is C24H33N7. The number of fused-ring (bicyclic) bond motifs is 2. The van der Waals surface area contributed by atoms with E-state index in [2.05, 4.69) is 70.8 Å². The summed E-state index contributed by atoms with van der Waals surface area (Å²) >= 11 is 0. The Bertz CT molecular complexity index is 1020. The fourth-order valence-corrected chi connectivity index (χ4v) is 4.28. The SMILES string of the molecule is CCNC(=NCc1nnc2ccccn12)NCC(C(C)C)N1CCc2ccccc2C1. The van der Waals surface area contributed by atoms with E-state index in [0.29, 0.717) is 18.5 Å². The smallest absolute Gasteiger partial charge is 0.191 e. The number of nitrogens with one attached hydrogen (secondary N) is 2. The molecule has 0 spiro atoms. The van der Waals surface area contributed by atoms with Gasteiger partial charge in [0.15, 0.2) is 17.4 Å². The Morgan fingerprint density at radius 2 is 1.87 bits per heavy atom. The number of hydrogen-bond acceptors (Lipinski definition) is 4. The van der Waals surface area contributed by atoms with Crippen molar-refractivity contribution in [3.63, 3.8) is 0 Å². The van der Waals surface area contributed by atoms with Gasteiger partial charge in [-0.2, -0.15) is 0 Å². The van der Waals surface area contributed by atoms with Crippen LogP contribution in [-0.2, 0) is 19.5 Å². The van der Waals surface area contributed by atoms with Crippen molar-refractivity contribution < 1.29 is 0 Å². The van der Waals surface area contributed by atoms with E-state index in [1.165, 1.54) is 11.1 Å². The number of hydrogen-bond donors (Lipinski definition) is 2. The van der Waals surface area contributed by atoms with E-state index in [9.17, 15) is 0 Å². The van der Waals surface area contributed by atoms with E-state index < -0.39 is 0 Å². The summed E-state index contributed by atoms with van der Waals surface area (Å²) in [5.41, 5.74) is 3.79. The molecule has 164 valence electrons. The maximum absolute atomic E-state index is 4.77. The molecule has 3 aromatic rings. The van der Waals surface area contributed by atoms with Gasteiger partial charge in [0.25, 0.3) is 0 Å². The molecule has 0 saturated heterocycles. The number of guanidine groups is 1. The lowest BCUT2D eigenvalue weighted by Gasteiger charge is -2.38. The number of benzene rings is 1. The third-order valence-corrected chi connectivity index (χ3v) is 5.98. The molecule has 2 N–H and O–H groups in total. The molecule has 0 bridgehead atoms. The molecule has 3 heterocycles. The molecule has 0 saturated carbocycles. The fourth-order valence-electron chi connectivity index (χ4n) is 4.28. The van der Waals surface area contributed by atoms with Crippen LogP contribution in [0, 0.1) is 5.92 Å². The van der Waals surface area contributed by atoms with Crippen LogP contribution in [-0.4, -0.2) is 51.1 Å². The van der Waals surface area contributed by atoms with Crippen LogP contribution < -0.4 is 10.6 Å². The number of nitrogens with zero attached hydrogens (tertiary/aromatic N) is 5. The molecule has 2 aromatic heterocycles. The van der Waals surface area contributed by atoms with Crippen molar-refractivity contribution in [1.29, 1.82) is 0 Å². The van der Waals surface area contributed by atoms with E-state index in [1.54, 1.807) is 0 Å². The average Bonchev–Trinajstić information content (AvgIpc) is 3.20. The number of rotatable bonds is 7. The Morgan fingerprint density at radius 1 is 1.06 bits per heavy atom. The van der Waals surface area contributed by atoms with E-state index in [4.69, 9.17) is 4.99 Å². The molecule has 0 amide bonds. The first-order chi connectivity index (χ1) is 15.2. The molecule has 4 rings (SSSR count). The molecule has 0 radical (unpaired) electrons. The minimum Gasteiger partial charge on any atom is -0.357 e. The maximum Gasteiger partial charge on any atom is 0.191 e. The van der Waals surface area contributed by atoms with E-state index >= 15 is 0 Å². The first-order valence-electron chi connectivity index (χ1n) is 11.3. The Labute approximate surface area is 184 Å². The van der Waals surface area contributed by atoms with Gasteiger partial charge in [-0.05, 0) is 42.5 Å². The molecule has 0 fully saturated rings. The molecule has 31 heavy (non-hydrogen) atoms. The van der Waals surface area contributed by atoms with Crippen molar-refractivity contribution in [1.82, 2.24) is 30.1 Å². The highest BCUT2D eigenvalue weighted by Gasteiger charge is 2.25. The van der Waals surface area contributed by atoms with Crippen molar-refractivity contribution in [2.24, 2.45) is 10.9 Å². The summed E-state index contributed by atoms with van der Waals surface area (Å²) in [5.74, 6) is 2.19. The van der Waals surface area contributed by atoms with Crippen molar-refractivity contribution in [3.05, 3.63) is 65.6 Å². The second-order valence-electron chi connectivity index (χ2n) is 8.42. The molecular weight excluding hydrogens is 386 g/mol. The quantitative estimate of drug-likeness (QED) is 0.455. The van der Waals surface area contributed by atoms with Crippen molar-refractivity contribution in [3.8, 4) is 0 Å². The van der Waals surface area contributed by atoms with Gasteiger partial charge in [0.05, 0.1) is 0 Å². The number of aromatic nitrogens is 3. The molecule has 0 aliphatic carbocycles. The Kier molecular flexibility index (Phi) is 6.82. The van der Waals surface area contributed by atoms with Crippen LogP contribution in [0.2, 0.25) is 0 Å². The molecule has 1 aromatic carbocycles. The molecule has 7 heteroatoms. The highest BCUT2D eigenvalue weighted by molar-refractivity contribution is 5.79. The summed E-state index contributed by atoms with van der Waals surface area (Å²) in [4.78, 5) is 7.38. The van der Waals surface area contributed by atoms with Crippen LogP contribution in [0.15, 0.2) is 53.7 Å². The van der Waals surface area contributed by atoms with Crippen LogP contribution >= 0.6 is 0 Å². The standard InChI is InChI=1S/C24H33N7/c1-4-25-24(27-16-23-29-28-22-11-7-8-13-31(22)23)26-15-21(18(2)3)30-14-12-19-9-5-6-10-20(19)17-30/h5-11,13,18,21H,4,12,14-17H2,1-3H3,(H2,25,26,27). The monoisotopic (exact) mass is 419 g/mol. The van der Waals surface area contributed by atoms with Gasteiger partial charge < -0.3 is 10.6 Å². The van der Waals surface area contributed by atoms with Crippen LogP contribution in [0.3, 0.4) is 0 Å². The normalized spacial score (nSPS) is 15.8. The zero-order valence-corrected chi connectivity index (χ0v) is 18.8. The molecule has 7 nitrogen and oxygen atoms in total. The molecule has 1 aliphatic rings. The van der Waals surface area contributed by atoms with Crippen molar-refractivity contribution in [2.45, 2.75) is 46.3 Å². The van der Waals surface area contributed by atoms with Crippen molar-refractivity contribution in [2.75, 3.05) is 19.6 Å². The average molecular weight is 420 g/mol. The molecule has 1 unspecified atom stereocenters. The number of pyridine rings is 1. The number of aliphatic imine (C=N–C) groups is 1. The highest BCUT2D eigenvalue weighted by atomic mass is 15.3. The Morgan fingerprint density at radius 3 is 2.68 bits per heavy atom. The third kappa shape index (κ3) is 5.05. The van der Waals surface area contributed by atoms with Crippen LogP contribution in [0.5, 0.6) is 0 Å². The minimum atomic E-state index is 0.436. The molecule has 1 atom stereocenters. The Hall–Kier alpha value is -2.93. The first-order valence-corrected chi connectivity index (χ1v) is 11.3. The van der Waals surface area contributed by atoms with Gasteiger partial charge in [0.1, 0.15) is 6.54 Å². The summed E-state index contributed by atoms with van der Waals surface area (Å²) in [6, 6.07) is 15.2. The zero-order valence-electron chi connectivity index (χ0n) is 18.8. The summed E-state index contributed by atoms with van der Waals surface area (Å²) in [6.07, 6.45) is 3.09. The van der Waals surface area contributed by atoms with Gasteiger partial charge >= 0.3 is 0 Å². The van der Waals surface area contributed by atoms with Crippen LogP contribution in [0.4, 0.5) is 0 Å². The van der Waals surface area contributed by atoms with Gasteiger partial charge in [-0.15, -0.1) is 10.2 Å². The second kappa shape index (κ2) is 9.92. The predicted octanol–water partition coefficient (Wildman–Crippen LogP) is 2.87. The van der Waals surface area contributed by atoms with Crippen LogP contribution in [0.25, 0.3) is 5.65 Å². The van der Waals surface area contributed by atoms with Gasteiger partial charge in [-0.1, -0.05) is 44.2 Å². The van der Waals surface area contributed by atoms with E-state index in [0.717, 1.165) is 50.0 Å². The highest BCUT2D eigenvalue weighted by Crippen LogP contribution is 2.22. The second-order valence-corrected chi connectivity index (χ2v) is 8.42. The summed E-state index contributed by atoms with van der Waals surface area (Å²) in [7, 11) is 0. The summed E-state index contributed by atoms with van der Waals surface area (Å²) in [6.45, 7) is 11.0. The topological polar surface area (TPSA) is 69.8 Å². The maximum atomic E-state index is 4.77. The minimum absolute atomic E-state index is 0.436. The third-order valence-electron chi connectivity index (χ3n) is 5.98. The van der Waals surface area contributed by atoms with E-state index in [-0.39, 0.29) is 0 Å². The van der Waals surface area contributed by atoms with Gasteiger partial charge in [-0.3, -0.25) is 9.30 Å². The summed E-state index contributed by atoms with van der Waals surface area (Å²) < 4.78 is 1.98. The first kappa shape index (κ1) is 21.3.